The van der Waals surface area contributed by atoms with Crippen molar-refractivity contribution in [3.05, 3.63) is 69.8 Å². The van der Waals surface area contributed by atoms with Gasteiger partial charge in [-0.3, -0.25) is 4.79 Å². The van der Waals surface area contributed by atoms with Gasteiger partial charge in [-0.25, -0.2) is 0 Å². The van der Waals surface area contributed by atoms with E-state index in [0.29, 0.717) is 5.02 Å². The Hall–Kier alpha value is -2.57. The van der Waals surface area contributed by atoms with Crippen LogP contribution in [0.15, 0.2) is 48.0 Å². The number of halogens is 1. The Kier molecular flexibility index (Phi) is 5.78. The van der Waals surface area contributed by atoms with Gasteiger partial charge in [0, 0.05) is 10.7 Å². The van der Waals surface area contributed by atoms with Crippen molar-refractivity contribution in [2.24, 2.45) is 0 Å². The molecule has 0 aliphatic heterocycles. The highest BCUT2D eigenvalue weighted by molar-refractivity contribution is 6.30. The van der Waals surface area contributed by atoms with E-state index in [1.165, 1.54) is 0 Å². The number of rotatable bonds is 4. The van der Waals surface area contributed by atoms with E-state index in [0.717, 1.165) is 22.4 Å². The first-order valence-electron chi connectivity index (χ1n) is 7.70. The fourth-order valence-corrected chi connectivity index (χ4v) is 2.52. The lowest BCUT2D eigenvalue weighted by atomic mass is 9.98. The van der Waals surface area contributed by atoms with Crippen LogP contribution in [0.5, 0.6) is 0 Å². The number of carbonyl (C=O) groups excluding carboxylic acids is 1. The standard InChI is InChI=1S/C20H19ClN2O/c1-13(2)18-6-4-5-14(3)19(18)23-20(24)16(12-22)11-15-7-9-17(21)10-8-15/h4-11,13H,1-3H3,(H,23,24). The summed E-state index contributed by atoms with van der Waals surface area (Å²) in [7, 11) is 0. The average Bonchev–Trinajstić information content (AvgIpc) is 2.55. The zero-order chi connectivity index (χ0) is 17.7. The number of nitrogens with zero attached hydrogens (tertiary/aromatic N) is 1. The second-order valence-corrected chi connectivity index (χ2v) is 6.31. The van der Waals surface area contributed by atoms with Crippen molar-refractivity contribution in [1.82, 2.24) is 0 Å². The first-order valence-corrected chi connectivity index (χ1v) is 8.08. The molecule has 2 rings (SSSR count). The molecule has 3 nitrogen and oxygen atoms in total. The molecule has 0 spiro atoms. The third-order valence-electron chi connectivity index (χ3n) is 3.71. The van der Waals surface area contributed by atoms with Gasteiger partial charge in [0.2, 0.25) is 0 Å². The predicted octanol–water partition coefficient (Wildman–Crippen LogP) is 5.32. The fraction of sp³-hybridized carbons (Fsp3) is 0.200. The molecule has 1 amide bonds. The van der Waals surface area contributed by atoms with Crippen LogP contribution < -0.4 is 5.32 Å². The van der Waals surface area contributed by atoms with E-state index in [1.54, 1.807) is 30.3 Å². The monoisotopic (exact) mass is 338 g/mol. The Morgan fingerprint density at radius 1 is 1.21 bits per heavy atom. The van der Waals surface area contributed by atoms with Crippen LogP contribution in [0, 0.1) is 18.3 Å². The van der Waals surface area contributed by atoms with Gasteiger partial charge in [0.25, 0.3) is 5.91 Å². The van der Waals surface area contributed by atoms with Gasteiger partial charge >= 0.3 is 0 Å². The van der Waals surface area contributed by atoms with Crippen LogP contribution in [-0.4, -0.2) is 5.91 Å². The van der Waals surface area contributed by atoms with Gasteiger partial charge in [-0.2, -0.15) is 5.26 Å². The van der Waals surface area contributed by atoms with Crippen LogP contribution in [0.2, 0.25) is 5.02 Å². The summed E-state index contributed by atoms with van der Waals surface area (Å²) in [6, 6.07) is 14.8. The number of benzene rings is 2. The maximum atomic E-state index is 12.5. The molecule has 0 saturated carbocycles. The summed E-state index contributed by atoms with van der Waals surface area (Å²) in [5.74, 6) is -0.144. The smallest absolute Gasteiger partial charge is 0.266 e. The summed E-state index contributed by atoms with van der Waals surface area (Å²) in [6.45, 7) is 6.08. The van der Waals surface area contributed by atoms with Gasteiger partial charge in [0.05, 0.1) is 0 Å². The minimum atomic E-state index is -0.413. The lowest BCUT2D eigenvalue weighted by Gasteiger charge is -2.16. The molecule has 2 aromatic rings. The van der Waals surface area contributed by atoms with Crippen molar-refractivity contribution in [3.8, 4) is 6.07 Å². The number of hydrogen-bond donors (Lipinski definition) is 1. The molecule has 0 atom stereocenters. The van der Waals surface area contributed by atoms with E-state index >= 15 is 0 Å². The normalized spacial score (nSPS) is 11.2. The van der Waals surface area contributed by atoms with E-state index < -0.39 is 5.91 Å². The molecule has 0 fully saturated rings. The van der Waals surface area contributed by atoms with E-state index in [9.17, 15) is 10.1 Å². The highest BCUT2D eigenvalue weighted by Gasteiger charge is 2.15. The number of anilines is 1. The van der Waals surface area contributed by atoms with Gasteiger partial charge in [-0.15, -0.1) is 0 Å². The van der Waals surface area contributed by atoms with Crippen LogP contribution in [0.1, 0.15) is 36.5 Å². The van der Waals surface area contributed by atoms with Crippen molar-refractivity contribution < 1.29 is 4.79 Å². The maximum absolute atomic E-state index is 12.5. The quantitative estimate of drug-likeness (QED) is 0.606. The number of aryl methyl sites for hydroxylation is 1. The third-order valence-corrected chi connectivity index (χ3v) is 3.96. The molecule has 4 heteroatoms. The van der Waals surface area contributed by atoms with Crippen molar-refractivity contribution in [3.63, 3.8) is 0 Å². The lowest BCUT2D eigenvalue weighted by molar-refractivity contribution is -0.112. The van der Waals surface area contributed by atoms with Crippen molar-refractivity contribution in [2.75, 3.05) is 5.32 Å². The van der Waals surface area contributed by atoms with E-state index in [1.807, 2.05) is 31.2 Å². The molecule has 0 heterocycles. The number of hydrogen-bond acceptors (Lipinski definition) is 2. The molecule has 0 unspecified atom stereocenters. The Morgan fingerprint density at radius 3 is 2.46 bits per heavy atom. The first-order chi connectivity index (χ1) is 11.4. The Balaban J connectivity index is 2.31. The molecule has 0 aliphatic carbocycles. The Bertz CT molecular complexity index is 815. The van der Waals surface area contributed by atoms with Gasteiger partial charge in [-0.05, 0) is 47.7 Å². The number of nitriles is 1. The van der Waals surface area contributed by atoms with Crippen LogP contribution in [0.3, 0.4) is 0 Å². The Morgan fingerprint density at radius 2 is 1.88 bits per heavy atom. The fourth-order valence-electron chi connectivity index (χ4n) is 2.40. The van der Waals surface area contributed by atoms with E-state index in [2.05, 4.69) is 19.2 Å². The van der Waals surface area contributed by atoms with Gasteiger partial charge in [0.15, 0.2) is 0 Å². The minimum Gasteiger partial charge on any atom is -0.321 e. The summed E-state index contributed by atoms with van der Waals surface area (Å²) >= 11 is 5.85. The largest absolute Gasteiger partial charge is 0.321 e. The average molecular weight is 339 g/mol. The van der Waals surface area contributed by atoms with Crippen LogP contribution >= 0.6 is 11.6 Å². The second kappa shape index (κ2) is 7.81. The molecule has 0 aromatic heterocycles. The lowest BCUT2D eigenvalue weighted by Crippen LogP contribution is -2.16. The zero-order valence-electron chi connectivity index (χ0n) is 13.9. The summed E-state index contributed by atoms with van der Waals surface area (Å²) in [5, 5.41) is 12.8. The topological polar surface area (TPSA) is 52.9 Å². The van der Waals surface area contributed by atoms with E-state index in [4.69, 9.17) is 11.6 Å². The van der Waals surface area contributed by atoms with Crippen LogP contribution in [0.25, 0.3) is 6.08 Å². The van der Waals surface area contributed by atoms with Crippen molar-refractivity contribution >= 4 is 29.3 Å². The summed E-state index contributed by atoms with van der Waals surface area (Å²) < 4.78 is 0. The van der Waals surface area contributed by atoms with E-state index in [-0.39, 0.29) is 11.5 Å². The summed E-state index contributed by atoms with van der Waals surface area (Å²) in [6.07, 6.45) is 1.55. The first kappa shape index (κ1) is 17.8. The van der Waals surface area contributed by atoms with Crippen LogP contribution in [0.4, 0.5) is 5.69 Å². The van der Waals surface area contributed by atoms with Crippen molar-refractivity contribution in [2.45, 2.75) is 26.7 Å². The Labute approximate surface area is 147 Å². The molecule has 0 radical (unpaired) electrons. The third kappa shape index (κ3) is 4.24. The van der Waals surface area contributed by atoms with Gasteiger partial charge in [0.1, 0.15) is 11.6 Å². The number of para-hydroxylation sites is 1. The minimum absolute atomic E-state index is 0.0512. The predicted molar refractivity (Wildman–Crippen MR) is 98.9 cm³/mol. The molecular weight excluding hydrogens is 320 g/mol. The maximum Gasteiger partial charge on any atom is 0.266 e. The molecule has 2 aromatic carbocycles. The summed E-state index contributed by atoms with van der Waals surface area (Å²) in [4.78, 5) is 12.5. The molecular formula is C20H19ClN2O. The van der Waals surface area contributed by atoms with Gasteiger partial charge in [-0.1, -0.05) is 55.8 Å². The molecule has 24 heavy (non-hydrogen) atoms. The second-order valence-electron chi connectivity index (χ2n) is 5.87. The highest BCUT2D eigenvalue weighted by atomic mass is 35.5. The SMILES string of the molecule is Cc1cccc(C(C)C)c1NC(=O)C(C#N)=Cc1ccc(Cl)cc1. The molecule has 122 valence electrons. The molecule has 0 saturated heterocycles. The number of nitrogens with one attached hydrogen (secondary N) is 1. The zero-order valence-corrected chi connectivity index (χ0v) is 14.7. The highest BCUT2D eigenvalue weighted by Crippen LogP contribution is 2.28. The van der Waals surface area contributed by atoms with Gasteiger partial charge < -0.3 is 5.32 Å². The van der Waals surface area contributed by atoms with Crippen molar-refractivity contribution in [1.29, 1.82) is 5.26 Å². The number of carbonyl (C=O) groups is 1. The number of amides is 1. The molecule has 0 aliphatic rings. The molecule has 1 N–H and O–H groups in total. The summed E-state index contributed by atoms with van der Waals surface area (Å²) in [5.41, 5.74) is 3.59. The van der Waals surface area contributed by atoms with Crippen LogP contribution in [-0.2, 0) is 4.79 Å². The molecule has 0 bridgehead atoms.